The fourth-order valence-electron chi connectivity index (χ4n) is 6.23. The molecule has 0 spiro atoms. The lowest BCUT2D eigenvalue weighted by molar-refractivity contribution is -0.277. The van der Waals surface area contributed by atoms with E-state index in [9.17, 15) is 14.7 Å². The van der Waals surface area contributed by atoms with Crippen LogP contribution in [-0.4, -0.2) is 67.3 Å². The summed E-state index contributed by atoms with van der Waals surface area (Å²) in [5.41, 5.74) is 6.04. The highest BCUT2D eigenvalue weighted by molar-refractivity contribution is 5.76. The minimum Gasteiger partial charge on any atom is -0.392 e. The molecule has 0 aliphatic carbocycles. The summed E-state index contributed by atoms with van der Waals surface area (Å²) in [6.45, 7) is 8.88. The van der Waals surface area contributed by atoms with Gasteiger partial charge in [-0.25, -0.2) is 0 Å². The van der Waals surface area contributed by atoms with Crippen molar-refractivity contribution in [2.75, 3.05) is 39.4 Å². The molecular formula is C38H49N3O6. The molecule has 0 saturated carbocycles. The highest BCUT2D eigenvalue weighted by Crippen LogP contribution is 2.42. The first kappa shape index (κ1) is 34.7. The van der Waals surface area contributed by atoms with Crippen LogP contribution in [0.15, 0.2) is 72.8 Å². The van der Waals surface area contributed by atoms with Crippen LogP contribution in [0.5, 0.6) is 0 Å². The average Bonchev–Trinajstić information content (AvgIpc) is 3.10. The zero-order chi connectivity index (χ0) is 33.0. The van der Waals surface area contributed by atoms with Gasteiger partial charge in [0, 0.05) is 57.5 Å². The van der Waals surface area contributed by atoms with Gasteiger partial charge in [-0.1, -0.05) is 74.0 Å². The second-order valence-corrected chi connectivity index (χ2v) is 12.6. The number of morpholine rings is 1. The van der Waals surface area contributed by atoms with Gasteiger partial charge in [0.1, 0.15) is 0 Å². The van der Waals surface area contributed by atoms with Gasteiger partial charge in [0.25, 0.3) is 0 Å². The normalized spacial score (nSPS) is 21.7. The van der Waals surface area contributed by atoms with Gasteiger partial charge < -0.3 is 30.0 Å². The van der Waals surface area contributed by atoms with E-state index in [0.29, 0.717) is 19.5 Å². The topological polar surface area (TPSA) is 109 Å². The van der Waals surface area contributed by atoms with Crippen molar-refractivity contribution in [2.45, 2.75) is 71.2 Å². The van der Waals surface area contributed by atoms with E-state index in [1.807, 2.05) is 30.3 Å². The highest BCUT2D eigenvalue weighted by Gasteiger charge is 2.39. The van der Waals surface area contributed by atoms with E-state index in [2.05, 4.69) is 64.9 Å². The van der Waals surface area contributed by atoms with Crippen molar-refractivity contribution in [1.82, 2.24) is 15.5 Å². The molecule has 0 radical (unpaired) electrons. The van der Waals surface area contributed by atoms with Gasteiger partial charge in [-0.15, -0.1) is 0 Å². The number of hydrogen-bond donors (Lipinski definition) is 3. The SMILES string of the molecule is CC(=O)NCCCCCC(=O)NCc1cccc(-c2cccc([C@@H]3O[C@H](CN4CCOCC4)[C@H](C)[C@H](c4ccc(CO)cc4)O3)c2)c1. The smallest absolute Gasteiger partial charge is 0.220 e. The Kier molecular flexibility index (Phi) is 12.9. The molecule has 5 rings (SSSR count). The van der Waals surface area contributed by atoms with Crippen LogP contribution < -0.4 is 10.6 Å². The lowest BCUT2D eigenvalue weighted by atomic mass is 9.89. The van der Waals surface area contributed by atoms with Gasteiger partial charge in [0.15, 0.2) is 6.29 Å². The van der Waals surface area contributed by atoms with Crippen LogP contribution in [0.25, 0.3) is 11.1 Å². The molecule has 9 nitrogen and oxygen atoms in total. The molecule has 0 unspecified atom stereocenters. The fourth-order valence-corrected chi connectivity index (χ4v) is 6.23. The Hall–Kier alpha value is -3.60. The molecule has 3 aromatic carbocycles. The van der Waals surface area contributed by atoms with Crippen molar-refractivity contribution in [3.8, 4) is 11.1 Å². The quantitative estimate of drug-likeness (QED) is 0.205. The number of carbonyl (C=O) groups excluding carboxylic acids is 2. The van der Waals surface area contributed by atoms with Crippen LogP contribution >= 0.6 is 0 Å². The third kappa shape index (κ3) is 10.2. The minimum absolute atomic E-state index is 0.00916. The number of ether oxygens (including phenoxy) is 3. The van der Waals surface area contributed by atoms with Crippen LogP contribution in [0.3, 0.4) is 0 Å². The molecular weight excluding hydrogens is 594 g/mol. The first-order chi connectivity index (χ1) is 22.9. The van der Waals surface area contributed by atoms with E-state index in [-0.39, 0.29) is 36.5 Å². The lowest BCUT2D eigenvalue weighted by Crippen LogP contribution is -2.47. The van der Waals surface area contributed by atoms with E-state index < -0.39 is 6.29 Å². The Morgan fingerprint density at radius 3 is 2.34 bits per heavy atom. The van der Waals surface area contributed by atoms with Gasteiger partial charge >= 0.3 is 0 Å². The van der Waals surface area contributed by atoms with Crippen LogP contribution in [0.2, 0.25) is 0 Å². The predicted octanol–water partition coefficient (Wildman–Crippen LogP) is 5.28. The summed E-state index contributed by atoms with van der Waals surface area (Å²) >= 11 is 0. The third-order valence-corrected chi connectivity index (χ3v) is 9.03. The van der Waals surface area contributed by atoms with E-state index >= 15 is 0 Å². The van der Waals surface area contributed by atoms with Crippen molar-refractivity contribution < 1.29 is 28.9 Å². The number of nitrogens with one attached hydrogen (secondary N) is 2. The minimum atomic E-state index is -0.541. The van der Waals surface area contributed by atoms with E-state index in [1.54, 1.807) is 0 Å². The Morgan fingerprint density at radius 1 is 0.851 bits per heavy atom. The molecule has 0 aromatic heterocycles. The monoisotopic (exact) mass is 643 g/mol. The molecule has 4 atom stereocenters. The summed E-state index contributed by atoms with van der Waals surface area (Å²) in [5.74, 6) is 0.128. The molecule has 2 aliphatic heterocycles. The van der Waals surface area contributed by atoms with Gasteiger partial charge in [-0.2, -0.15) is 0 Å². The number of rotatable bonds is 14. The van der Waals surface area contributed by atoms with Crippen LogP contribution in [0.4, 0.5) is 0 Å². The van der Waals surface area contributed by atoms with Crippen molar-refractivity contribution >= 4 is 11.8 Å². The molecule has 2 aliphatic rings. The highest BCUT2D eigenvalue weighted by atomic mass is 16.7. The Labute approximate surface area is 278 Å². The number of nitrogens with zero attached hydrogens (tertiary/aromatic N) is 1. The number of amides is 2. The van der Waals surface area contributed by atoms with E-state index in [4.69, 9.17) is 14.2 Å². The number of hydrogen-bond acceptors (Lipinski definition) is 7. The molecule has 2 fully saturated rings. The molecule has 2 heterocycles. The standard InChI is InChI=1S/C38H49N3O6/c1-27-35(25-41-18-20-45-21-19-41)46-38(47-37(27)31-15-13-29(26-42)14-16-31)34-11-7-10-33(23-34)32-9-6-8-30(22-32)24-40-36(44)12-4-3-5-17-39-28(2)43/h6-11,13-16,22-23,27,35,37-38,42H,3-5,12,17-21,24-26H2,1-2H3,(H,39,43)(H,40,44)/t27-,35+,37+,38+/m0/s1. The lowest BCUT2D eigenvalue weighted by Gasteiger charge is -2.43. The summed E-state index contributed by atoms with van der Waals surface area (Å²) < 4.78 is 19.0. The largest absolute Gasteiger partial charge is 0.392 e. The van der Waals surface area contributed by atoms with Crippen molar-refractivity contribution in [1.29, 1.82) is 0 Å². The Balaban J connectivity index is 1.25. The third-order valence-electron chi connectivity index (χ3n) is 9.03. The first-order valence-corrected chi connectivity index (χ1v) is 16.9. The zero-order valence-electron chi connectivity index (χ0n) is 27.7. The molecule has 3 N–H and O–H groups in total. The first-order valence-electron chi connectivity index (χ1n) is 16.9. The summed E-state index contributed by atoms with van der Waals surface area (Å²) in [4.78, 5) is 25.8. The van der Waals surface area contributed by atoms with E-state index in [1.165, 1.54) is 6.92 Å². The maximum atomic E-state index is 12.4. The molecule has 0 bridgehead atoms. The van der Waals surface area contributed by atoms with E-state index in [0.717, 1.165) is 85.5 Å². The molecule has 47 heavy (non-hydrogen) atoms. The molecule has 3 aromatic rings. The second kappa shape index (κ2) is 17.5. The number of aliphatic hydroxyl groups excluding tert-OH is 1. The molecule has 2 amide bonds. The summed E-state index contributed by atoms with van der Waals surface area (Å²) in [7, 11) is 0. The van der Waals surface area contributed by atoms with Gasteiger partial charge in [0.2, 0.25) is 11.8 Å². The van der Waals surface area contributed by atoms with Gasteiger partial charge in [-0.05, 0) is 52.8 Å². The number of carbonyl (C=O) groups is 2. The van der Waals surface area contributed by atoms with Crippen LogP contribution in [-0.2, 0) is 37.0 Å². The van der Waals surface area contributed by atoms with Gasteiger partial charge in [0.05, 0.1) is 32.0 Å². The van der Waals surface area contributed by atoms with Crippen molar-refractivity contribution in [3.63, 3.8) is 0 Å². The number of unbranched alkanes of at least 4 members (excludes halogenated alkanes) is 2. The van der Waals surface area contributed by atoms with Crippen LogP contribution in [0.1, 0.15) is 74.2 Å². The maximum absolute atomic E-state index is 12.4. The summed E-state index contributed by atoms with van der Waals surface area (Å²) in [6.07, 6.45) is 2.29. The van der Waals surface area contributed by atoms with Crippen molar-refractivity contribution in [2.24, 2.45) is 5.92 Å². The molecule has 2 saturated heterocycles. The maximum Gasteiger partial charge on any atom is 0.220 e. The zero-order valence-corrected chi connectivity index (χ0v) is 27.7. The molecule has 252 valence electrons. The number of aliphatic hydroxyl groups is 1. The number of benzene rings is 3. The van der Waals surface area contributed by atoms with Crippen molar-refractivity contribution in [3.05, 3.63) is 95.1 Å². The molecule has 9 heteroatoms. The van der Waals surface area contributed by atoms with Gasteiger partial charge in [-0.3, -0.25) is 14.5 Å². The summed E-state index contributed by atoms with van der Waals surface area (Å²) in [5, 5.41) is 15.4. The summed E-state index contributed by atoms with van der Waals surface area (Å²) in [6, 6.07) is 24.6. The van der Waals surface area contributed by atoms with Crippen LogP contribution in [0, 0.1) is 5.92 Å². The Bertz CT molecular complexity index is 1440. The fraction of sp³-hybridized carbons (Fsp3) is 0.474. The Morgan fingerprint density at radius 2 is 1.60 bits per heavy atom. The average molecular weight is 644 g/mol. The second-order valence-electron chi connectivity index (χ2n) is 12.6. The predicted molar refractivity (Wildman–Crippen MR) is 181 cm³/mol.